The summed E-state index contributed by atoms with van der Waals surface area (Å²) < 4.78 is 2.09. The molecule has 1 unspecified atom stereocenters. The molecule has 4 N–H and O–H groups in total. The minimum atomic E-state index is 0.149. The summed E-state index contributed by atoms with van der Waals surface area (Å²) in [5.74, 6) is 0.983. The van der Waals surface area contributed by atoms with Crippen LogP contribution in [0.15, 0.2) is 18.3 Å². The minimum Gasteiger partial charge on any atom is -0.368 e. The van der Waals surface area contributed by atoms with Crippen LogP contribution >= 0.6 is 0 Å². The Kier molecular flexibility index (Phi) is 6.29. The molecule has 0 saturated heterocycles. The van der Waals surface area contributed by atoms with Gasteiger partial charge in [0.15, 0.2) is 0 Å². The van der Waals surface area contributed by atoms with Crippen LogP contribution in [0.4, 0.5) is 11.8 Å². The monoisotopic (exact) mass is 392 g/mol. The van der Waals surface area contributed by atoms with Crippen molar-refractivity contribution in [2.24, 2.45) is 7.05 Å². The van der Waals surface area contributed by atoms with Crippen LogP contribution in [0.2, 0.25) is 0 Å². The second-order valence-electron chi connectivity index (χ2n) is 7.21. The number of nitrogens with one attached hydrogen (secondary N) is 2. The topological polar surface area (TPSA) is 117 Å². The van der Waals surface area contributed by atoms with E-state index in [4.69, 9.17) is 10.7 Å². The lowest BCUT2D eigenvalue weighted by Crippen LogP contribution is -2.16. The molecule has 0 spiro atoms. The zero-order valence-electron chi connectivity index (χ0n) is 17.5. The number of nitrogens with two attached hydrogens (primary N) is 1. The van der Waals surface area contributed by atoms with Gasteiger partial charge in [0.2, 0.25) is 5.95 Å². The summed E-state index contributed by atoms with van der Waals surface area (Å²) in [6.07, 6.45) is 4.07. The van der Waals surface area contributed by atoms with E-state index in [-0.39, 0.29) is 5.95 Å². The van der Waals surface area contributed by atoms with Crippen LogP contribution < -0.4 is 16.4 Å². The highest BCUT2D eigenvalue weighted by atomic mass is 15.1. The Morgan fingerprint density at radius 3 is 2.79 bits per heavy atom. The lowest BCUT2D eigenvalue weighted by atomic mass is 9.91. The Morgan fingerprint density at radius 2 is 2.10 bits per heavy atom. The molecule has 152 valence electrons. The van der Waals surface area contributed by atoms with Gasteiger partial charge < -0.3 is 20.9 Å². The van der Waals surface area contributed by atoms with Crippen LogP contribution in [0.3, 0.4) is 0 Å². The third-order valence-electron chi connectivity index (χ3n) is 5.30. The van der Waals surface area contributed by atoms with E-state index in [0.29, 0.717) is 29.5 Å². The summed E-state index contributed by atoms with van der Waals surface area (Å²) in [5.41, 5.74) is 11.0. The predicted molar refractivity (Wildman–Crippen MR) is 116 cm³/mol. The minimum absolute atomic E-state index is 0.149. The van der Waals surface area contributed by atoms with E-state index < -0.39 is 0 Å². The summed E-state index contributed by atoms with van der Waals surface area (Å²) in [4.78, 5) is 13.2. The first kappa shape index (κ1) is 20.6. The number of nitriles is 1. The fraction of sp³-hybridized carbons (Fsp3) is 0.429. The first-order valence-electron chi connectivity index (χ1n) is 9.86. The van der Waals surface area contributed by atoms with Crippen molar-refractivity contribution >= 4 is 22.8 Å². The van der Waals surface area contributed by atoms with Gasteiger partial charge in [0.1, 0.15) is 17.5 Å². The SMILES string of the molecule is CCC(CCNC)c1cc2c(ccn2C)nc1CNc1nc(N)nc(C)c1C#N. The maximum Gasteiger partial charge on any atom is 0.222 e. The molecular formula is C21H28N8. The van der Waals surface area contributed by atoms with Crippen molar-refractivity contribution in [2.75, 3.05) is 24.6 Å². The lowest BCUT2D eigenvalue weighted by Gasteiger charge is -2.20. The van der Waals surface area contributed by atoms with E-state index in [1.165, 1.54) is 5.56 Å². The zero-order valence-corrected chi connectivity index (χ0v) is 17.5. The molecule has 0 fully saturated rings. The van der Waals surface area contributed by atoms with Crippen LogP contribution in [0.25, 0.3) is 11.0 Å². The molecule has 8 nitrogen and oxygen atoms in total. The van der Waals surface area contributed by atoms with Gasteiger partial charge in [-0.25, -0.2) is 9.97 Å². The van der Waals surface area contributed by atoms with Crippen molar-refractivity contribution in [1.82, 2.24) is 24.8 Å². The predicted octanol–water partition coefficient (Wildman–Crippen LogP) is 2.84. The quantitative estimate of drug-likeness (QED) is 0.539. The smallest absolute Gasteiger partial charge is 0.222 e. The maximum atomic E-state index is 9.47. The standard InChI is InChI=1S/C21H28N8/c1-5-14(6-8-24-3)15-10-19-17(7-9-29(19)4)27-18(15)12-25-20-16(11-22)13(2)26-21(23)28-20/h7,9-10,14,24H,5-6,8,12H2,1-4H3,(H3,23,25,26,28). The average Bonchev–Trinajstić information content (AvgIpc) is 3.06. The Morgan fingerprint density at radius 1 is 1.31 bits per heavy atom. The maximum absolute atomic E-state index is 9.47. The Hall–Kier alpha value is -3.18. The number of anilines is 2. The second kappa shape index (κ2) is 8.88. The van der Waals surface area contributed by atoms with Crippen molar-refractivity contribution in [3.63, 3.8) is 0 Å². The molecule has 0 radical (unpaired) electrons. The molecule has 0 aromatic carbocycles. The van der Waals surface area contributed by atoms with Gasteiger partial charge in [0.05, 0.1) is 29.0 Å². The van der Waals surface area contributed by atoms with Gasteiger partial charge in [0, 0.05) is 13.2 Å². The molecule has 3 heterocycles. The molecule has 29 heavy (non-hydrogen) atoms. The van der Waals surface area contributed by atoms with Gasteiger partial charge in [-0.05, 0) is 57.0 Å². The van der Waals surface area contributed by atoms with Gasteiger partial charge in [-0.3, -0.25) is 0 Å². The van der Waals surface area contributed by atoms with Gasteiger partial charge in [0.25, 0.3) is 0 Å². The molecule has 1 atom stereocenters. The number of fused-ring (bicyclic) bond motifs is 1. The van der Waals surface area contributed by atoms with E-state index in [0.717, 1.165) is 36.1 Å². The van der Waals surface area contributed by atoms with Crippen molar-refractivity contribution in [2.45, 2.75) is 39.2 Å². The molecule has 0 aliphatic heterocycles. The summed E-state index contributed by atoms with van der Waals surface area (Å²) in [5, 5.41) is 16.0. The van der Waals surface area contributed by atoms with Crippen molar-refractivity contribution in [1.29, 1.82) is 5.26 Å². The van der Waals surface area contributed by atoms with Gasteiger partial charge in [-0.1, -0.05) is 6.92 Å². The van der Waals surface area contributed by atoms with Crippen LogP contribution in [0, 0.1) is 18.3 Å². The van der Waals surface area contributed by atoms with Crippen LogP contribution in [-0.4, -0.2) is 33.1 Å². The Balaban J connectivity index is 2.00. The molecule has 3 aromatic rings. The molecule has 3 aromatic heterocycles. The number of nitrogens with zero attached hydrogens (tertiary/aromatic N) is 5. The molecule has 0 bridgehead atoms. The number of pyridine rings is 1. The van der Waals surface area contributed by atoms with Gasteiger partial charge >= 0.3 is 0 Å². The number of aromatic nitrogens is 4. The van der Waals surface area contributed by atoms with Crippen LogP contribution in [0.5, 0.6) is 0 Å². The van der Waals surface area contributed by atoms with E-state index in [2.05, 4.69) is 44.2 Å². The van der Waals surface area contributed by atoms with Crippen molar-refractivity contribution < 1.29 is 0 Å². The molecule has 0 amide bonds. The Labute approximate surface area is 171 Å². The van der Waals surface area contributed by atoms with Gasteiger partial charge in [-0.15, -0.1) is 0 Å². The van der Waals surface area contributed by atoms with Crippen molar-refractivity contribution in [3.8, 4) is 6.07 Å². The average molecular weight is 393 g/mol. The largest absolute Gasteiger partial charge is 0.368 e. The molecule has 0 aliphatic rings. The number of rotatable bonds is 8. The first-order valence-corrected chi connectivity index (χ1v) is 9.86. The lowest BCUT2D eigenvalue weighted by molar-refractivity contribution is 0.575. The highest BCUT2D eigenvalue weighted by Gasteiger charge is 2.18. The number of hydrogen-bond acceptors (Lipinski definition) is 7. The summed E-state index contributed by atoms with van der Waals surface area (Å²) >= 11 is 0. The van der Waals surface area contributed by atoms with Gasteiger partial charge in [-0.2, -0.15) is 10.2 Å². The zero-order chi connectivity index (χ0) is 21.0. The van der Waals surface area contributed by atoms with E-state index >= 15 is 0 Å². The molecular weight excluding hydrogens is 364 g/mol. The Bertz CT molecular complexity index is 1050. The molecule has 3 rings (SSSR count). The normalized spacial score (nSPS) is 12.1. The highest BCUT2D eigenvalue weighted by Crippen LogP contribution is 2.29. The fourth-order valence-corrected chi connectivity index (χ4v) is 3.66. The fourth-order valence-electron chi connectivity index (χ4n) is 3.66. The first-order chi connectivity index (χ1) is 14.0. The molecule has 0 saturated carbocycles. The van der Waals surface area contributed by atoms with Crippen LogP contribution in [0.1, 0.15) is 48.2 Å². The molecule has 8 heteroatoms. The number of aryl methyl sites for hydroxylation is 2. The third kappa shape index (κ3) is 4.30. The third-order valence-corrected chi connectivity index (χ3v) is 5.30. The van der Waals surface area contributed by atoms with Crippen molar-refractivity contribution in [3.05, 3.63) is 40.8 Å². The highest BCUT2D eigenvalue weighted by molar-refractivity contribution is 5.77. The van der Waals surface area contributed by atoms with E-state index in [1.807, 2.05) is 26.4 Å². The number of nitrogen functional groups attached to an aromatic ring is 1. The van der Waals surface area contributed by atoms with Crippen LogP contribution in [-0.2, 0) is 13.6 Å². The summed E-state index contributed by atoms with van der Waals surface area (Å²) in [6, 6.07) is 6.42. The van der Waals surface area contributed by atoms with E-state index in [9.17, 15) is 5.26 Å². The summed E-state index contributed by atoms with van der Waals surface area (Å²) in [6.45, 7) is 5.36. The summed E-state index contributed by atoms with van der Waals surface area (Å²) in [7, 11) is 4.00. The second-order valence-corrected chi connectivity index (χ2v) is 7.21. The van der Waals surface area contributed by atoms with E-state index in [1.54, 1.807) is 6.92 Å². The number of hydrogen-bond donors (Lipinski definition) is 3. The molecule has 0 aliphatic carbocycles.